The van der Waals surface area contributed by atoms with Crippen LogP contribution in [0.15, 0.2) is 0 Å². The van der Waals surface area contributed by atoms with Crippen molar-refractivity contribution in [2.75, 3.05) is 6.54 Å². The fraction of sp³-hybridized carbons (Fsp3) is 0.818. The number of aromatic amines is 1. The van der Waals surface area contributed by atoms with Crippen LogP contribution < -0.4 is 5.73 Å². The number of hydrogen-bond donors (Lipinski definition) is 2. The van der Waals surface area contributed by atoms with E-state index >= 15 is 0 Å². The maximum Gasteiger partial charge on any atom is 0.150 e. The highest BCUT2D eigenvalue weighted by Crippen LogP contribution is 2.04. The van der Waals surface area contributed by atoms with Gasteiger partial charge in [0.15, 0.2) is 5.82 Å². The van der Waals surface area contributed by atoms with Gasteiger partial charge in [0.1, 0.15) is 5.82 Å². The van der Waals surface area contributed by atoms with Crippen molar-refractivity contribution < 1.29 is 0 Å². The Bertz CT molecular complexity index is 257. The largest absolute Gasteiger partial charge is 0.330 e. The molecule has 1 aromatic rings. The van der Waals surface area contributed by atoms with Crippen LogP contribution in [0, 0.1) is 0 Å². The molecule has 0 aliphatic rings. The molecule has 4 nitrogen and oxygen atoms in total. The van der Waals surface area contributed by atoms with Gasteiger partial charge in [-0.1, -0.05) is 19.8 Å². The van der Waals surface area contributed by atoms with Gasteiger partial charge in [0.05, 0.1) is 0 Å². The molecule has 0 saturated heterocycles. The topological polar surface area (TPSA) is 67.6 Å². The molecule has 0 aromatic carbocycles. The summed E-state index contributed by atoms with van der Waals surface area (Å²) in [6.45, 7) is 2.95. The van der Waals surface area contributed by atoms with Crippen LogP contribution in [0.25, 0.3) is 0 Å². The number of hydrogen-bond acceptors (Lipinski definition) is 3. The second kappa shape index (κ2) is 7.40. The van der Waals surface area contributed by atoms with Crippen molar-refractivity contribution in [2.24, 2.45) is 5.73 Å². The van der Waals surface area contributed by atoms with Gasteiger partial charge in [-0.3, -0.25) is 5.10 Å². The van der Waals surface area contributed by atoms with Crippen LogP contribution in [0.5, 0.6) is 0 Å². The van der Waals surface area contributed by atoms with Crippen LogP contribution in [0.3, 0.4) is 0 Å². The summed E-state index contributed by atoms with van der Waals surface area (Å²) >= 11 is 0. The first-order valence-corrected chi connectivity index (χ1v) is 5.97. The van der Waals surface area contributed by atoms with E-state index in [0.717, 1.165) is 43.9 Å². The van der Waals surface area contributed by atoms with Crippen LogP contribution >= 0.6 is 0 Å². The van der Waals surface area contributed by atoms with Crippen molar-refractivity contribution in [1.82, 2.24) is 15.2 Å². The second-order valence-electron chi connectivity index (χ2n) is 3.90. The van der Waals surface area contributed by atoms with Gasteiger partial charge in [0, 0.05) is 12.8 Å². The third kappa shape index (κ3) is 4.93. The lowest BCUT2D eigenvalue weighted by Gasteiger charge is -1.96. The predicted octanol–water partition coefficient (Wildman–Crippen LogP) is 1.82. The minimum Gasteiger partial charge on any atom is -0.330 e. The number of aryl methyl sites for hydroxylation is 2. The third-order valence-electron chi connectivity index (χ3n) is 2.42. The van der Waals surface area contributed by atoms with E-state index in [1.807, 2.05) is 0 Å². The van der Waals surface area contributed by atoms with E-state index in [0.29, 0.717) is 0 Å². The Kier molecular flexibility index (Phi) is 6.00. The lowest BCUT2D eigenvalue weighted by atomic mass is 10.1. The molecule has 1 heterocycles. The summed E-state index contributed by atoms with van der Waals surface area (Å²) in [4.78, 5) is 4.43. The fourth-order valence-electron chi connectivity index (χ4n) is 1.58. The minimum atomic E-state index is 0.807. The van der Waals surface area contributed by atoms with Crippen molar-refractivity contribution >= 4 is 0 Å². The number of H-pyrrole nitrogens is 1. The van der Waals surface area contributed by atoms with Gasteiger partial charge in [-0.15, -0.1) is 0 Å². The van der Waals surface area contributed by atoms with Gasteiger partial charge in [-0.25, -0.2) is 4.98 Å². The van der Waals surface area contributed by atoms with Crippen molar-refractivity contribution in [3.05, 3.63) is 11.6 Å². The zero-order valence-corrected chi connectivity index (χ0v) is 9.63. The Morgan fingerprint density at radius 3 is 2.67 bits per heavy atom. The highest BCUT2D eigenvalue weighted by Gasteiger charge is 2.01. The molecule has 4 heteroatoms. The molecule has 0 radical (unpaired) electrons. The zero-order valence-electron chi connectivity index (χ0n) is 9.63. The summed E-state index contributed by atoms with van der Waals surface area (Å²) in [5.74, 6) is 1.99. The molecule has 3 N–H and O–H groups in total. The number of rotatable bonds is 8. The van der Waals surface area contributed by atoms with Crippen LogP contribution in [-0.4, -0.2) is 21.7 Å². The molecule has 0 unspecified atom stereocenters. The Morgan fingerprint density at radius 2 is 1.93 bits per heavy atom. The SMILES string of the molecule is CCCc1nc(CCCCCCN)n[nH]1. The van der Waals surface area contributed by atoms with E-state index in [2.05, 4.69) is 22.1 Å². The molecule has 86 valence electrons. The number of unbranched alkanes of at least 4 members (excludes halogenated alkanes) is 3. The molecule has 0 bridgehead atoms. The summed E-state index contributed by atoms with van der Waals surface area (Å²) in [6.07, 6.45) is 7.87. The van der Waals surface area contributed by atoms with E-state index < -0.39 is 0 Å². The van der Waals surface area contributed by atoms with E-state index in [-0.39, 0.29) is 0 Å². The Hall–Kier alpha value is -0.900. The molecular formula is C11H22N4. The molecule has 0 spiro atoms. The first-order chi connectivity index (χ1) is 7.36. The molecule has 0 aliphatic heterocycles. The fourth-order valence-corrected chi connectivity index (χ4v) is 1.58. The Labute approximate surface area is 91.7 Å². The van der Waals surface area contributed by atoms with E-state index in [1.165, 1.54) is 19.3 Å². The average Bonchev–Trinajstić information content (AvgIpc) is 2.66. The number of aromatic nitrogens is 3. The first kappa shape index (κ1) is 12.2. The molecule has 15 heavy (non-hydrogen) atoms. The van der Waals surface area contributed by atoms with E-state index in [9.17, 15) is 0 Å². The van der Waals surface area contributed by atoms with Gasteiger partial charge < -0.3 is 5.73 Å². The Morgan fingerprint density at radius 1 is 1.13 bits per heavy atom. The monoisotopic (exact) mass is 210 g/mol. The average molecular weight is 210 g/mol. The zero-order chi connectivity index (χ0) is 10.9. The molecular weight excluding hydrogens is 188 g/mol. The predicted molar refractivity (Wildman–Crippen MR) is 61.6 cm³/mol. The summed E-state index contributed by atoms with van der Waals surface area (Å²) < 4.78 is 0. The highest BCUT2D eigenvalue weighted by atomic mass is 15.2. The van der Waals surface area contributed by atoms with Crippen molar-refractivity contribution in [3.8, 4) is 0 Å². The smallest absolute Gasteiger partial charge is 0.150 e. The van der Waals surface area contributed by atoms with Gasteiger partial charge in [0.2, 0.25) is 0 Å². The first-order valence-electron chi connectivity index (χ1n) is 5.97. The second-order valence-corrected chi connectivity index (χ2v) is 3.90. The minimum absolute atomic E-state index is 0.807. The van der Waals surface area contributed by atoms with Gasteiger partial charge >= 0.3 is 0 Å². The van der Waals surface area contributed by atoms with E-state index in [1.54, 1.807) is 0 Å². The quantitative estimate of drug-likeness (QED) is 0.643. The lowest BCUT2D eigenvalue weighted by Crippen LogP contribution is -1.98. The van der Waals surface area contributed by atoms with Crippen molar-refractivity contribution in [3.63, 3.8) is 0 Å². The van der Waals surface area contributed by atoms with E-state index in [4.69, 9.17) is 5.73 Å². The van der Waals surface area contributed by atoms with Crippen LogP contribution in [0.1, 0.15) is 50.7 Å². The molecule has 0 atom stereocenters. The number of nitrogens with one attached hydrogen (secondary N) is 1. The van der Waals surface area contributed by atoms with Gasteiger partial charge in [0.25, 0.3) is 0 Å². The maximum atomic E-state index is 5.43. The highest BCUT2D eigenvalue weighted by molar-refractivity contribution is 4.90. The van der Waals surface area contributed by atoms with Gasteiger partial charge in [-0.05, 0) is 25.8 Å². The van der Waals surface area contributed by atoms with Crippen LogP contribution in [0.4, 0.5) is 0 Å². The molecule has 1 rings (SSSR count). The summed E-state index contributed by atoms with van der Waals surface area (Å²) in [6, 6.07) is 0. The maximum absolute atomic E-state index is 5.43. The molecule has 0 saturated carbocycles. The van der Waals surface area contributed by atoms with Crippen molar-refractivity contribution in [2.45, 2.75) is 51.9 Å². The van der Waals surface area contributed by atoms with Crippen molar-refractivity contribution in [1.29, 1.82) is 0 Å². The third-order valence-corrected chi connectivity index (χ3v) is 2.42. The number of nitrogens with zero attached hydrogens (tertiary/aromatic N) is 2. The Balaban J connectivity index is 2.14. The number of nitrogens with two attached hydrogens (primary N) is 1. The molecule has 0 amide bonds. The summed E-state index contributed by atoms with van der Waals surface area (Å²) in [7, 11) is 0. The summed E-state index contributed by atoms with van der Waals surface area (Å²) in [5, 5.41) is 7.17. The van der Waals surface area contributed by atoms with Gasteiger partial charge in [-0.2, -0.15) is 5.10 Å². The standard InChI is InChI=1S/C11H22N4/c1-2-7-10-13-11(15-14-10)8-5-3-4-6-9-12/h2-9,12H2,1H3,(H,13,14,15). The lowest BCUT2D eigenvalue weighted by molar-refractivity contribution is 0.636. The summed E-state index contributed by atoms with van der Waals surface area (Å²) in [5.41, 5.74) is 5.43. The van der Waals surface area contributed by atoms with Crippen LogP contribution in [0.2, 0.25) is 0 Å². The molecule has 1 aromatic heterocycles. The normalized spacial score (nSPS) is 10.8. The molecule has 0 fully saturated rings. The van der Waals surface area contributed by atoms with Crippen LogP contribution in [-0.2, 0) is 12.8 Å². The molecule has 0 aliphatic carbocycles.